The number of nitrogens with zero attached hydrogens (tertiary/aromatic N) is 2. The summed E-state index contributed by atoms with van der Waals surface area (Å²) in [6.07, 6.45) is 9.06. The van der Waals surface area contributed by atoms with E-state index < -0.39 is 0 Å². The van der Waals surface area contributed by atoms with Crippen LogP contribution >= 0.6 is 34.9 Å². The third-order valence-electron chi connectivity index (χ3n) is 3.53. The van der Waals surface area contributed by atoms with E-state index in [1.165, 1.54) is 38.5 Å². The molecule has 2 rings (SSSR count). The summed E-state index contributed by atoms with van der Waals surface area (Å²) < 4.78 is 8.49. The lowest BCUT2D eigenvalue weighted by molar-refractivity contribution is 0.596. The van der Waals surface area contributed by atoms with E-state index in [4.69, 9.17) is 23.2 Å². The van der Waals surface area contributed by atoms with E-state index in [1.807, 2.05) is 0 Å². The Kier molecular flexibility index (Phi) is 7.00. The predicted octanol–water partition coefficient (Wildman–Crippen LogP) is 6.16. The fraction of sp³-hybridized carbons (Fsp3) is 0.600. The Morgan fingerprint density at radius 2 is 1.62 bits per heavy atom. The van der Waals surface area contributed by atoms with Crippen LogP contribution in [0.25, 0.3) is 11.0 Å². The number of benzene rings is 1. The molecule has 21 heavy (non-hydrogen) atoms. The Hall–Kier alpha value is -0.580. The largest absolute Gasteiger partial charge is 0.382 e. The van der Waals surface area contributed by atoms with Crippen molar-refractivity contribution in [3.63, 3.8) is 0 Å². The molecule has 0 fully saturated rings. The second kappa shape index (κ2) is 8.76. The highest BCUT2D eigenvalue weighted by atomic mass is 35.5. The van der Waals surface area contributed by atoms with Gasteiger partial charge in [0.2, 0.25) is 0 Å². The average Bonchev–Trinajstić information content (AvgIpc) is 2.94. The van der Waals surface area contributed by atoms with Crippen LogP contribution in [0.2, 0.25) is 10.0 Å². The van der Waals surface area contributed by atoms with Crippen LogP contribution in [0.3, 0.4) is 0 Å². The Morgan fingerprint density at radius 3 is 2.38 bits per heavy atom. The SMILES string of the molecule is CCCCCCCCCNc1c(Cl)cc(Cl)c2nsnc12. The normalized spacial score (nSPS) is 11.2. The first-order chi connectivity index (χ1) is 10.2. The van der Waals surface area contributed by atoms with Gasteiger partial charge in [0.25, 0.3) is 0 Å². The first-order valence-electron chi connectivity index (χ1n) is 7.58. The van der Waals surface area contributed by atoms with Crippen molar-refractivity contribution in [1.29, 1.82) is 0 Å². The van der Waals surface area contributed by atoms with E-state index in [1.54, 1.807) is 6.07 Å². The zero-order chi connectivity index (χ0) is 15.1. The summed E-state index contributed by atoms with van der Waals surface area (Å²) in [4.78, 5) is 0. The van der Waals surface area contributed by atoms with Crippen LogP contribution in [-0.2, 0) is 0 Å². The lowest BCUT2D eigenvalue weighted by atomic mass is 10.1. The number of anilines is 1. The molecule has 0 amide bonds. The van der Waals surface area contributed by atoms with Gasteiger partial charge < -0.3 is 5.32 Å². The minimum absolute atomic E-state index is 0.560. The zero-order valence-corrected chi connectivity index (χ0v) is 14.6. The Bertz CT molecular complexity index is 571. The predicted molar refractivity (Wildman–Crippen MR) is 93.9 cm³/mol. The van der Waals surface area contributed by atoms with Crippen molar-refractivity contribution >= 4 is 51.7 Å². The van der Waals surface area contributed by atoms with Crippen LogP contribution in [0, 0.1) is 0 Å². The average molecular weight is 346 g/mol. The molecule has 0 aliphatic rings. The van der Waals surface area contributed by atoms with E-state index in [-0.39, 0.29) is 0 Å². The first kappa shape index (κ1) is 16.8. The minimum Gasteiger partial charge on any atom is -0.382 e. The summed E-state index contributed by atoms with van der Waals surface area (Å²) in [5.74, 6) is 0. The number of aromatic nitrogens is 2. The molecule has 3 nitrogen and oxygen atoms in total. The Morgan fingerprint density at radius 1 is 0.952 bits per heavy atom. The zero-order valence-electron chi connectivity index (χ0n) is 12.3. The number of rotatable bonds is 9. The van der Waals surface area contributed by atoms with Crippen molar-refractivity contribution in [2.45, 2.75) is 51.9 Å². The van der Waals surface area contributed by atoms with Crippen LogP contribution in [-0.4, -0.2) is 15.3 Å². The molecule has 0 saturated heterocycles. The summed E-state index contributed by atoms with van der Waals surface area (Å²) in [6, 6.07) is 1.74. The maximum absolute atomic E-state index is 6.25. The quantitative estimate of drug-likeness (QED) is 0.553. The molecule has 1 aromatic carbocycles. The van der Waals surface area contributed by atoms with E-state index in [0.717, 1.165) is 41.4 Å². The van der Waals surface area contributed by atoms with Gasteiger partial charge in [-0.1, -0.05) is 68.7 Å². The van der Waals surface area contributed by atoms with Crippen LogP contribution in [0.5, 0.6) is 0 Å². The highest BCUT2D eigenvalue weighted by Gasteiger charge is 2.13. The minimum atomic E-state index is 0.560. The summed E-state index contributed by atoms with van der Waals surface area (Å²) in [5.41, 5.74) is 2.37. The maximum atomic E-state index is 6.25. The van der Waals surface area contributed by atoms with Crippen molar-refractivity contribution < 1.29 is 0 Å². The van der Waals surface area contributed by atoms with Gasteiger partial charge in [-0.05, 0) is 12.5 Å². The molecule has 0 unspecified atom stereocenters. The first-order valence-corrected chi connectivity index (χ1v) is 9.06. The number of hydrogen-bond donors (Lipinski definition) is 1. The monoisotopic (exact) mass is 345 g/mol. The van der Waals surface area contributed by atoms with Crippen LogP contribution < -0.4 is 5.32 Å². The number of halogens is 2. The van der Waals surface area contributed by atoms with Crippen LogP contribution in [0.4, 0.5) is 5.69 Å². The van der Waals surface area contributed by atoms with E-state index in [0.29, 0.717) is 10.0 Å². The van der Waals surface area contributed by atoms with Gasteiger partial charge in [0, 0.05) is 6.54 Å². The highest BCUT2D eigenvalue weighted by molar-refractivity contribution is 7.00. The maximum Gasteiger partial charge on any atom is 0.130 e. The molecule has 1 N–H and O–H groups in total. The molecular weight excluding hydrogens is 325 g/mol. The molecule has 1 heterocycles. The molecule has 116 valence electrons. The van der Waals surface area contributed by atoms with Gasteiger partial charge >= 0.3 is 0 Å². The van der Waals surface area contributed by atoms with E-state index in [9.17, 15) is 0 Å². The smallest absolute Gasteiger partial charge is 0.130 e. The van der Waals surface area contributed by atoms with Gasteiger partial charge in [-0.3, -0.25) is 0 Å². The molecule has 0 bridgehead atoms. The third kappa shape index (κ3) is 4.70. The fourth-order valence-corrected chi connectivity index (χ4v) is 3.52. The molecule has 6 heteroatoms. The lowest BCUT2D eigenvalue weighted by Crippen LogP contribution is -2.03. The summed E-state index contributed by atoms with van der Waals surface area (Å²) in [7, 11) is 0. The van der Waals surface area contributed by atoms with Crippen molar-refractivity contribution in [2.24, 2.45) is 0 Å². The third-order valence-corrected chi connectivity index (χ3v) is 4.64. The van der Waals surface area contributed by atoms with Gasteiger partial charge in [-0.15, -0.1) is 0 Å². The van der Waals surface area contributed by atoms with E-state index >= 15 is 0 Å². The number of unbranched alkanes of at least 4 members (excludes halogenated alkanes) is 6. The molecule has 0 saturated carbocycles. The summed E-state index contributed by atoms with van der Waals surface area (Å²) in [5, 5.41) is 4.56. The molecule has 0 spiro atoms. The highest BCUT2D eigenvalue weighted by Crippen LogP contribution is 2.35. The summed E-state index contributed by atoms with van der Waals surface area (Å²) in [6.45, 7) is 3.15. The molecule has 0 radical (unpaired) electrons. The van der Waals surface area contributed by atoms with Gasteiger partial charge in [0.1, 0.15) is 11.0 Å². The van der Waals surface area contributed by atoms with E-state index in [2.05, 4.69) is 21.0 Å². The molecule has 1 aromatic heterocycles. The van der Waals surface area contributed by atoms with Gasteiger partial charge in [0.05, 0.1) is 27.5 Å². The summed E-state index contributed by atoms with van der Waals surface area (Å²) >= 11 is 13.5. The standard InChI is InChI=1S/C15H21Cl2N3S/c1-2-3-4-5-6-7-8-9-18-13-11(16)10-12(17)14-15(13)20-21-19-14/h10,18H,2-9H2,1H3. The number of hydrogen-bond acceptors (Lipinski definition) is 4. The van der Waals surface area contributed by atoms with Crippen molar-refractivity contribution in [2.75, 3.05) is 11.9 Å². The van der Waals surface area contributed by atoms with Gasteiger partial charge in [-0.2, -0.15) is 8.75 Å². The van der Waals surface area contributed by atoms with Crippen LogP contribution in [0.1, 0.15) is 51.9 Å². The Balaban J connectivity index is 1.80. The number of nitrogens with one attached hydrogen (secondary N) is 1. The molecular formula is C15H21Cl2N3S. The van der Waals surface area contributed by atoms with Gasteiger partial charge in [-0.25, -0.2) is 0 Å². The van der Waals surface area contributed by atoms with Gasteiger partial charge in [0.15, 0.2) is 0 Å². The lowest BCUT2D eigenvalue weighted by Gasteiger charge is -2.09. The molecule has 0 aliphatic heterocycles. The molecule has 0 atom stereocenters. The van der Waals surface area contributed by atoms with Crippen molar-refractivity contribution in [3.8, 4) is 0 Å². The van der Waals surface area contributed by atoms with Crippen molar-refractivity contribution in [3.05, 3.63) is 16.1 Å². The molecule has 0 aliphatic carbocycles. The molecule has 2 aromatic rings. The fourth-order valence-electron chi connectivity index (χ4n) is 2.34. The second-order valence-corrected chi connectivity index (χ2v) is 6.57. The Labute approximate surface area is 140 Å². The number of fused-ring (bicyclic) bond motifs is 1. The van der Waals surface area contributed by atoms with Crippen molar-refractivity contribution in [1.82, 2.24) is 8.75 Å². The van der Waals surface area contributed by atoms with Crippen LogP contribution in [0.15, 0.2) is 6.07 Å². The topological polar surface area (TPSA) is 37.8 Å². The second-order valence-electron chi connectivity index (χ2n) is 5.22.